The Balaban J connectivity index is 3.33. The van der Waals surface area contributed by atoms with Gasteiger partial charge in [-0.25, -0.2) is 4.79 Å². The van der Waals surface area contributed by atoms with Crippen LogP contribution in [0.5, 0.6) is 0 Å². The van der Waals surface area contributed by atoms with Crippen LogP contribution in [0.15, 0.2) is 12.1 Å². The summed E-state index contributed by atoms with van der Waals surface area (Å²) in [6.07, 6.45) is 0. The van der Waals surface area contributed by atoms with E-state index < -0.39 is 10.9 Å². The van der Waals surface area contributed by atoms with E-state index in [1.54, 1.807) is 6.92 Å². The number of benzene rings is 1. The molecular formula is C9H8INO4. The van der Waals surface area contributed by atoms with Crippen LogP contribution in [-0.4, -0.2) is 18.0 Å². The highest BCUT2D eigenvalue weighted by Gasteiger charge is 2.18. The molecule has 0 aliphatic heterocycles. The minimum absolute atomic E-state index is 0.0236. The Morgan fingerprint density at radius 3 is 2.53 bits per heavy atom. The van der Waals surface area contributed by atoms with Crippen LogP contribution >= 0.6 is 22.6 Å². The van der Waals surface area contributed by atoms with Gasteiger partial charge in [0.05, 0.1) is 17.6 Å². The molecule has 0 unspecified atom stereocenters. The topological polar surface area (TPSA) is 69.4 Å². The van der Waals surface area contributed by atoms with Gasteiger partial charge < -0.3 is 4.74 Å². The van der Waals surface area contributed by atoms with Crippen LogP contribution in [0.1, 0.15) is 15.9 Å². The summed E-state index contributed by atoms with van der Waals surface area (Å²) in [5.74, 6) is -0.480. The van der Waals surface area contributed by atoms with Crippen molar-refractivity contribution in [1.29, 1.82) is 0 Å². The molecule has 5 nitrogen and oxygen atoms in total. The van der Waals surface area contributed by atoms with Gasteiger partial charge in [-0.1, -0.05) is 0 Å². The van der Waals surface area contributed by atoms with Gasteiger partial charge >= 0.3 is 5.97 Å². The minimum Gasteiger partial charge on any atom is -0.465 e. The number of rotatable bonds is 2. The molecule has 0 aliphatic rings. The Morgan fingerprint density at radius 1 is 1.53 bits per heavy atom. The Morgan fingerprint density at radius 2 is 2.13 bits per heavy atom. The third kappa shape index (κ3) is 2.44. The molecule has 6 heteroatoms. The first-order valence-corrected chi connectivity index (χ1v) is 5.08. The molecule has 15 heavy (non-hydrogen) atoms. The number of hydrogen-bond acceptors (Lipinski definition) is 4. The van der Waals surface area contributed by atoms with Crippen LogP contribution in [0.3, 0.4) is 0 Å². The second-order valence-corrected chi connectivity index (χ2v) is 4.03. The standard InChI is InChI=1S/C9H8INO4/c1-5-3-6(11(13)14)4-7(10)8(5)9(12)15-2/h3-4H,1-2H3. The van der Waals surface area contributed by atoms with E-state index in [9.17, 15) is 14.9 Å². The lowest BCUT2D eigenvalue weighted by atomic mass is 10.1. The zero-order chi connectivity index (χ0) is 11.6. The van der Waals surface area contributed by atoms with Crippen molar-refractivity contribution in [2.24, 2.45) is 0 Å². The number of carbonyl (C=O) groups is 1. The highest BCUT2D eigenvalue weighted by atomic mass is 127. The number of non-ortho nitro benzene ring substituents is 1. The van der Waals surface area contributed by atoms with E-state index in [0.717, 1.165) is 0 Å². The predicted octanol–water partition coefficient (Wildman–Crippen LogP) is 2.29. The second-order valence-electron chi connectivity index (χ2n) is 2.87. The number of aryl methyl sites for hydroxylation is 1. The molecule has 0 amide bonds. The van der Waals surface area contributed by atoms with Crippen molar-refractivity contribution in [2.75, 3.05) is 7.11 Å². The summed E-state index contributed by atoms with van der Waals surface area (Å²) < 4.78 is 5.10. The number of methoxy groups -OCH3 is 1. The molecule has 0 N–H and O–H groups in total. The lowest BCUT2D eigenvalue weighted by Crippen LogP contribution is -2.07. The number of halogens is 1. The Hall–Kier alpha value is -1.18. The van der Waals surface area contributed by atoms with Crippen molar-refractivity contribution in [3.8, 4) is 0 Å². The van der Waals surface area contributed by atoms with Crippen molar-refractivity contribution in [1.82, 2.24) is 0 Å². The zero-order valence-electron chi connectivity index (χ0n) is 8.11. The minimum atomic E-state index is -0.490. The Bertz CT molecular complexity index is 407. The first-order chi connectivity index (χ1) is 6.97. The van der Waals surface area contributed by atoms with Gasteiger partial charge in [0.25, 0.3) is 5.69 Å². The van der Waals surface area contributed by atoms with Crippen molar-refractivity contribution >= 4 is 34.2 Å². The SMILES string of the molecule is COC(=O)c1c(C)cc([N+](=O)[O-])cc1I. The molecule has 0 bridgehead atoms. The number of carbonyl (C=O) groups excluding carboxylic acids is 1. The van der Waals surface area contributed by atoms with E-state index in [1.165, 1.54) is 19.2 Å². The number of nitro benzene ring substituents is 1. The maximum atomic E-state index is 11.3. The summed E-state index contributed by atoms with van der Waals surface area (Å²) >= 11 is 1.88. The second kappa shape index (κ2) is 4.56. The Kier molecular flexibility index (Phi) is 3.61. The summed E-state index contributed by atoms with van der Waals surface area (Å²) in [6.45, 7) is 1.64. The number of nitro groups is 1. The third-order valence-electron chi connectivity index (χ3n) is 1.87. The van der Waals surface area contributed by atoms with Gasteiger partial charge in [0.15, 0.2) is 0 Å². The van der Waals surface area contributed by atoms with Crippen molar-refractivity contribution in [2.45, 2.75) is 6.92 Å². The summed E-state index contributed by atoms with van der Waals surface area (Å²) in [5.41, 5.74) is 0.897. The largest absolute Gasteiger partial charge is 0.465 e. The van der Waals surface area contributed by atoms with Gasteiger partial charge in [-0.15, -0.1) is 0 Å². The highest BCUT2D eigenvalue weighted by Crippen LogP contribution is 2.24. The maximum absolute atomic E-state index is 11.3. The number of hydrogen-bond donors (Lipinski definition) is 0. The number of ether oxygens (including phenoxy) is 1. The maximum Gasteiger partial charge on any atom is 0.339 e. The molecule has 1 aromatic carbocycles. The molecular weight excluding hydrogens is 313 g/mol. The normalized spacial score (nSPS) is 9.80. The van der Waals surface area contributed by atoms with Gasteiger partial charge in [0.2, 0.25) is 0 Å². The van der Waals surface area contributed by atoms with E-state index in [1.807, 2.05) is 22.6 Å². The van der Waals surface area contributed by atoms with Crippen LogP contribution in [0.4, 0.5) is 5.69 Å². The van der Waals surface area contributed by atoms with Gasteiger partial charge in [0, 0.05) is 15.7 Å². The highest BCUT2D eigenvalue weighted by molar-refractivity contribution is 14.1. The first-order valence-electron chi connectivity index (χ1n) is 4.00. The van der Waals surface area contributed by atoms with E-state index in [-0.39, 0.29) is 5.69 Å². The molecule has 0 heterocycles. The molecule has 0 radical (unpaired) electrons. The quantitative estimate of drug-likeness (QED) is 0.363. The fourth-order valence-electron chi connectivity index (χ4n) is 1.19. The van der Waals surface area contributed by atoms with Gasteiger partial charge in [-0.05, 0) is 35.1 Å². The van der Waals surface area contributed by atoms with Crippen molar-refractivity contribution in [3.63, 3.8) is 0 Å². The molecule has 0 atom stereocenters. The van der Waals surface area contributed by atoms with Crippen LogP contribution in [0.2, 0.25) is 0 Å². The zero-order valence-corrected chi connectivity index (χ0v) is 10.3. The molecule has 0 fully saturated rings. The lowest BCUT2D eigenvalue weighted by molar-refractivity contribution is -0.385. The fourth-order valence-corrected chi connectivity index (χ4v) is 2.16. The van der Waals surface area contributed by atoms with E-state index in [4.69, 9.17) is 0 Å². The molecule has 0 spiro atoms. The summed E-state index contributed by atoms with van der Waals surface area (Å²) in [5, 5.41) is 10.5. The smallest absolute Gasteiger partial charge is 0.339 e. The first kappa shape index (κ1) is 11.9. The average Bonchev–Trinajstić information content (AvgIpc) is 2.16. The van der Waals surface area contributed by atoms with E-state index in [2.05, 4.69) is 4.74 Å². The predicted molar refractivity (Wildman–Crippen MR) is 61.9 cm³/mol. The lowest BCUT2D eigenvalue weighted by Gasteiger charge is -2.05. The van der Waals surface area contributed by atoms with Crippen LogP contribution in [0, 0.1) is 20.6 Å². The molecule has 0 aromatic heterocycles. The Labute approximate surface area is 99.7 Å². The molecule has 1 aromatic rings. The van der Waals surface area contributed by atoms with Gasteiger partial charge in [-0.2, -0.15) is 0 Å². The number of nitrogens with zero attached hydrogens (tertiary/aromatic N) is 1. The van der Waals surface area contributed by atoms with Crippen molar-refractivity contribution < 1.29 is 14.5 Å². The molecule has 80 valence electrons. The summed E-state index contributed by atoms with van der Waals surface area (Å²) in [4.78, 5) is 21.4. The van der Waals surface area contributed by atoms with Crippen molar-refractivity contribution in [3.05, 3.63) is 36.9 Å². The molecule has 0 aliphatic carbocycles. The molecule has 0 saturated carbocycles. The summed E-state index contributed by atoms with van der Waals surface area (Å²) in [6, 6.07) is 2.70. The van der Waals surface area contributed by atoms with E-state index in [0.29, 0.717) is 14.7 Å². The van der Waals surface area contributed by atoms with Crippen LogP contribution in [-0.2, 0) is 4.74 Å². The average molecular weight is 321 g/mol. The van der Waals surface area contributed by atoms with Crippen LogP contribution < -0.4 is 0 Å². The number of esters is 1. The molecule has 1 rings (SSSR count). The van der Waals surface area contributed by atoms with Gasteiger partial charge in [-0.3, -0.25) is 10.1 Å². The molecule has 0 saturated heterocycles. The van der Waals surface area contributed by atoms with E-state index >= 15 is 0 Å². The van der Waals surface area contributed by atoms with Gasteiger partial charge in [0.1, 0.15) is 0 Å². The van der Waals surface area contributed by atoms with Crippen LogP contribution in [0.25, 0.3) is 0 Å². The monoisotopic (exact) mass is 321 g/mol. The fraction of sp³-hybridized carbons (Fsp3) is 0.222. The summed E-state index contributed by atoms with van der Waals surface area (Å²) in [7, 11) is 1.28. The third-order valence-corrected chi connectivity index (χ3v) is 2.72.